The average Bonchev–Trinajstić information content (AvgIpc) is 2.01. The number of hydrogen-bond acceptors (Lipinski definition) is 3. The molecule has 0 spiro atoms. The Hall–Kier alpha value is 0.748. The Morgan fingerprint density at radius 1 is 0.857 bits per heavy atom. The van der Waals surface area contributed by atoms with Gasteiger partial charge in [0.25, 0.3) is 0 Å². The second-order valence-electron chi connectivity index (χ2n) is 3.92. The maximum absolute atomic E-state index is 5.89. The molecule has 0 aromatic carbocycles. The molecule has 1 unspecified atom stereocenters. The molecule has 0 aromatic heterocycles. The molecule has 0 fully saturated rings. The lowest BCUT2D eigenvalue weighted by Gasteiger charge is -2.21. The molecule has 0 heterocycles. The van der Waals surface area contributed by atoms with E-state index < -0.39 is 36.6 Å². The van der Waals surface area contributed by atoms with Crippen molar-refractivity contribution in [2.45, 2.75) is 45.7 Å². The highest BCUT2D eigenvalue weighted by molar-refractivity contribution is 6.69. The van der Waals surface area contributed by atoms with Crippen LogP contribution in [-0.2, 0) is 12.3 Å². The highest BCUT2D eigenvalue weighted by Gasteiger charge is 2.24. The molecule has 0 aliphatic heterocycles. The molecule has 1 atom stereocenters. The van der Waals surface area contributed by atoms with Crippen LogP contribution in [0.1, 0.15) is 6.92 Å². The maximum atomic E-state index is 5.89. The van der Waals surface area contributed by atoms with Crippen molar-refractivity contribution in [1.29, 1.82) is 0 Å². The zero-order chi connectivity index (χ0) is 11.1. The minimum atomic E-state index is -1.37. The smallest absolute Gasteiger partial charge is 0.417 e. The van der Waals surface area contributed by atoms with E-state index in [2.05, 4.69) is 39.7 Å². The molecular weight excluding hydrogens is 244 g/mol. The highest BCUT2D eigenvalue weighted by atomic mass is 28.5. The molecule has 0 rings (SSSR count). The summed E-state index contributed by atoms with van der Waals surface area (Å²) in [5.41, 5.74) is 0. The summed E-state index contributed by atoms with van der Waals surface area (Å²) in [6.45, 7) is 13.0. The van der Waals surface area contributed by atoms with E-state index in [0.29, 0.717) is 0 Å². The van der Waals surface area contributed by atoms with Gasteiger partial charge < -0.3 is 12.3 Å². The van der Waals surface area contributed by atoms with Gasteiger partial charge in [-0.25, -0.2) is 0 Å². The summed E-state index contributed by atoms with van der Waals surface area (Å²) in [7, 11) is -4.42. The van der Waals surface area contributed by atoms with E-state index in [1.165, 1.54) is 0 Å². The van der Waals surface area contributed by atoms with E-state index in [4.69, 9.17) is 12.3 Å². The van der Waals surface area contributed by atoms with E-state index in [0.717, 1.165) is 6.04 Å². The Bertz CT molecular complexity index is 135. The molecule has 14 heavy (non-hydrogen) atoms. The lowest BCUT2D eigenvalue weighted by Crippen LogP contribution is -2.39. The summed E-state index contributed by atoms with van der Waals surface area (Å²) in [4.78, 5) is 0. The third-order valence-corrected chi connectivity index (χ3v) is 10.4. The van der Waals surface area contributed by atoms with Crippen LogP contribution in [0.2, 0.25) is 38.8 Å². The van der Waals surface area contributed by atoms with Gasteiger partial charge in [0.2, 0.25) is 0 Å². The second-order valence-corrected chi connectivity index (χ2v) is 13.9. The number of hydrogen-bond donors (Lipinski definition) is 0. The van der Waals surface area contributed by atoms with Gasteiger partial charge in [-0.15, -0.1) is 0 Å². The molecule has 3 nitrogen and oxygen atoms in total. The summed E-state index contributed by atoms with van der Waals surface area (Å²) in [5, 5.41) is 0. The van der Waals surface area contributed by atoms with Gasteiger partial charge in [-0.05, 0) is 38.8 Å². The van der Waals surface area contributed by atoms with Crippen LogP contribution < -0.4 is 0 Å². The van der Waals surface area contributed by atoms with Crippen LogP contribution in [0.5, 0.6) is 0 Å². The minimum absolute atomic E-state index is 1.02. The van der Waals surface area contributed by atoms with E-state index in [9.17, 15) is 0 Å². The summed E-state index contributed by atoms with van der Waals surface area (Å²) in [6.07, 6.45) is 0. The molecule has 0 N–H and O–H groups in total. The van der Waals surface area contributed by atoms with Gasteiger partial charge in [0.15, 0.2) is 27.1 Å². The normalized spacial score (nSPS) is 14.4. The van der Waals surface area contributed by atoms with Crippen LogP contribution in [0.3, 0.4) is 0 Å². The van der Waals surface area contributed by atoms with Gasteiger partial charge in [-0.2, -0.15) is 0 Å². The van der Waals surface area contributed by atoms with Crippen LogP contribution in [0, 0.1) is 0 Å². The lowest BCUT2D eigenvalue weighted by molar-refractivity contribution is 0.316. The molecule has 0 aliphatic rings. The summed E-state index contributed by atoms with van der Waals surface area (Å²) < 4.78 is 17.5. The van der Waals surface area contributed by atoms with Gasteiger partial charge in [-0.1, -0.05) is 6.92 Å². The van der Waals surface area contributed by atoms with Crippen molar-refractivity contribution < 1.29 is 12.3 Å². The number of rotatable bonds is 7. The van der Waals surface area contributed by atoms with Crippen LogP contribution in [0.4, 0.5) is 0 Å². The zero-order valence-corrected chi connectivity index (χ0v) is 14.6. The predicted octanol–water partition coefficient (Wildman–Crippen LogP) is 1.36. The Balaban J connectivity index is 3.96. The first-order valence-corrected chi connectivity index (χ1v) is 14.6. The average molecular weight is 268 g/mol. The van der Waals surface area contributed by atoms with Crippen LogP contribution in [0.25, 0.3) is 0 Å². The summed E-state index contributed by atoms with van der Waals surface area (Å²) in [6, 6.07) is 1.15. The lowest BCUT2D eigenvalue weighted by atomic mass is 11.0. The van der Waals surface area contributed by atoms with Gasteiger partial charge in [0.1, 0.15) is 0 Å². The first kappa shape index (κ1) is 14.7. The predicted molar refractivity (Wildman–Crippen MR) is 70.3 cm³/mol. The Morgan fingerprint density at radius 2 is 1.29 bits per heavy atom. The van der Waals surface area contributed by atoms with E-state index in [-0.39, 0.29) is 0 Å². The fourth-order valence-electron chi connectivity index (χ4n) is 0.716. The largest absolute Gasteiger partial charge is 0.543 e. The summed E-state index contributed by atoms with van der Waals surface area (Å²) >= 11 is 0. The van der Waals surface area contributed by atoms with Gasteiger partial charge in [0.05, 0.1) is 0 Å². The summed E-state index contributed by atoms with van der Waals surface area (Å²) in [5.74, 6) is 0. The van der Waals surface area contributed by atoms with E-state index in [1.54, 1.807) is 0 Å². The Labute approximate surface area is 94.9 Å². The second kappa shape index (κ2) is 7.96. The fraction of sp³-hybridized carbons (Fsp3) is 1.00. The monoisotopic (exact) mass is 267 g/mol. The Morgan fingerprint density at radius 3 is 1.57 bits per heavy atom. The van der Waals surface area contributed by atoms with Crippen molar-refractivity contribution in [2.75, 3.05) is 0 Å². The van der Waals surface area contributed by atoms with Crippen molar-refractivity contribution >= 4 is 36.6 Å². The van der Waals surface area contributed by atoms with Crippen LogP contribution in [-0.4, -0.2) is 36.6 Å². The van der Waals surface area contributed by atoms with Crippen molar-refractivity contribution in [3.8, 4) is 0 Å². The molecule has 7 heteroatoms. The topological polar surface area (TPSA) is 27.7 Å². The first-order valence-electron chi connectivity index (χ1n) is 5.32. The van der Waals surface area contributed by atoms with Crippen LogP contribution >= 0.6 is 0 Å². The molecule has 0 saturated carbocycles. The standard InChI is InChI=1S/C7H23O3Si4/c1-7-13(6)10-14(8-11(2)3)9-12(4)5/h11-13H,7H2,1-6H3. The fourth-order valence-corrected chi connectivity index (χ4v) is 7.94. The molecule has 0 bridgehead atoms. The molecule has 0 saturated heterocycles. The third-order valence-electron chi connectivity index (χ3n) is 1.54. The van der Waals surface area contributed by atoms with Crippen molar-refractivity contribution in [2.24, 2.45) is 0 Å². The molecule has 0 aliphatic carbocycles. The van der Waals surface area contributed by atoms with Crippen LogP contribution in [0.15, 0.2) is 0 Å². The SMILES string of the molecule is CC[SiH](C)O[Si](O[SiH](C)C)O[SiH](C)C. The molecule has 0 aromatic rings. The first-order chi connectivity index (χ1) is 6.45. The van der Waals surface area contributed by atoms with Gasteiger partial charge >= 0.3 is 9.53 Å². The molecule has 1 radical (unpaired) electrons. The van der Waals surface area contributed by atoms with Crippen molar-refractivity contribution in [3.63, 3.8) is 0 Å². The maximum Gasteiger partial charge on any atom is 0.543 e. The van der Waals surface area contributed by atoms with Crippen molar-refractivity contribution in [3.05, 3.63) is 0 Å². The van der Waals surface area contributed by atoms with E-state index in [1.807, 2.05) is 0 Å². The zero-order valence-electron chi connectivity index (χ0n) is 10.2. The minimum Gasteiger partial charge on any atom is -0.417 e. The van der Waals surface area contributed by atoms with Crippen molar-refractivity contribution in [1.82, 2.24) is 0 Å². The molecule has 85 valence electrons. The third kappa shape index (κ3) is 8.09. The highest BCUT2D eigenvalue weighted by Crippen LogP contribution is 2.03. The quantitative estimate of drug-likeness (QED) is 0.652. The van der Waals surface area contributed by atoms with Gasteiger partial charge in [0, 0.05) is 0 Å². The molecule has 0 amide bonds. The van der Waals surface area contributed by atoms with Gasteiger partial charge in [-0.3, -0.25) is 0 Å². The Kier molecular flexibility index (Phi) is 8.39. The van der Waals surface area contributed by atoms with E-state index >= 15 is 0 Å². The molecular formula is C7H23O3Si4.